The number of carbonyl (C=O) groups excluding carboxylic acids is 1. The molecule has 0 bridgehead atoms. The molecular weight excluding hydrogens is 188 g/mol. The predicted molar refractivity (Wildman–Crippen MR) is 60.7 cm³/mol. The van der Waals surface area contributed by atoms with Gasteiger partial charge in [-0.15, -0.1) is 0 Å². The number of amides is 1. The van der Waals surface area contributed by atoms with Crippen molar-refractivity contribution < 1.29 is 4.79 Å². The van der Waals surface area contributed by atoms with E-state index < -0.39 is 0 Å². The summed E-state index contributed by atoms with van der Waals surface area (Å²) in [6.07, 6.45) is 2.46. The number of hydrogen-bond acceptors (Lipinski definition) is 1. The molecule has 2 aromatic rings. The van der Waals surface area contributed by atoms with Crippen LogP contribution < -0.4 is 5.32 Å². The smallest absolute Gasteiger partial charge is 0.224 e. The Morgan fingerprint density at radius 1 is 1.40 bits per heavy atom. The number of benzene rings is 1. The van der Waals surface area contributed by atoms with Crippen LogP contribution in [0, 0.1) is 0 Å². The lowest BCUT2D eigenvalue weighted by Gasteiger charge is -1.97. The van der Waals surface area contributed by atoms with Crippen molar-refractivity contribution in [2.75, 3.05) is 7.05 Å². The highest BCUT2D eigenvalue weighted by molar-refractivity contribution is 5.89. The Kier molecular flexibility index (Phi) is 2.46. The van der Waals surface area contributed by atoms with Crippen LogP contribution in [0.15, 0.2) is 30.5 Å². The molecule has 78 valence electrons. The van der Waals surface area contributed by atoms with Gasteiger partial charge in [0.15, 0.2) is 0 Å². The number of aromatic nitrogens is 1. The summed E-state index contributed by atoms with van der Waals surface area (Å²) in [7, 11) is 3.66. The lowest BCUT2D eigenvalue weighted by Crippen LogP contribution is -2.19. The number of para-hydroxylation sites is 1. The molecule has 0 aliphatic heterocycles. The highest BCUT2D eigenvalue weighted by atomic mass is 16.1. The molecular formula is C12H14N2O. The van der Waals surface area contributed by atoms with E-state index in [4.69, 9.17) is 0 Å². The minimum Gasteiger partial charge on any atom is -0.359 e. The molecule has 3 heteroatoms. The van der Waals surface area contributed by atoms with Gasteiger partial charge in [0.25, 0.3) is 0 Å². The summed E-state index contributed by atoms with van der Waals surface area (Å²) in [6, 6.07) is 8.11. The lowest BCUT2D eigenvalue weighted by molar-refractivity contribution is -0.119. The second kappa shape index (κ2) is 3.77. The minimum atomic E-state index is 0.0475. The molecule has 15 heavy (non-hydrogen) atoms. The van der Waals surface area contributed by atoms with Crippen molar-refractivity contribution in [2.45, 2.75) is 6.42 Å². The molecule has 1 aromatic heterocycles. The molecule has 1 N–H and O–H groups in total. The monoisotopic (exact) mass is 202 g/mol. The maximum Gasteiger partial charge on any atom is 0.224 e. The summed E-state index contributed by atoms with van der Waals surface area (Å²) in [6.45, 7) is 0. The summed E-state index contributed by atoms with van der Waals surface area (Å²) < 4.78 is 2.05. The maximum absolute atomic E-state index is 11.3. The van der Waals surface area contributed by atoms with Crippen LogP contribution in [0.3, 0.4) is 0 Å². The Balaban J connectivity index is 2.48. The van der Waals surface area contributed by atoms with E-state index in [9.17, 15) is 4.79 Å². The van der Waals surface area contributed by atoms with Crippen LogP contribution >= 0.6 is 0 Å². The zero-order valence-corrected chi connectivity index (χ0v) is 8.95. The average molecular weight is 202 g/mol. The Bertz CT molecular complexity index is 499. The second-order valence-electron chi connectivity index (χ2n) is 3.63. The Hall–Kier alpha value is -1.77. The van der Waals surface area contributed by atoms with Crippen LogP contribution in [0.25, 0.3) is 10.9 Å². The van der Waals surface area contributed by atoms with Crippen LogP contribution in [0.5, 0.6) is 0 Å². The SMILES string of the molecule is CNC(=O)Cc1cn(C)c2ccccc12. The molecule has 0 radical (unpaired) electrons. The molecule has 0 aliphatic carbocycles. The molecule has 1 aromatic carbocycles. The first-order valence-electron chi connectivity index (χ1n) is 4.96. The first-order chi connectivity index (χ1) is 7.22. The quantitative estimate of drug-likeness (QED) is 0.786. The van der Waals surface area contributed by atoms with Crippen LogP contribution in [0.2, 0.25) is 0 Å². The Morgan fingerprint density at radius 2 is 2.13 bits per heavy atom. The molecule has 0 fully saturated rings. The van der Waals surface area contributed by atoms with Crippen molar-refractivity contribution >= 4 is 16.8 Å². The molecule has 2 rings (SSSR count). The van der Waals surface area contributed by atoms with Gasteiger partial charge in [0, 0.05) is 31.2 Å². The van der Waals surface area contributed by atoms with Gasteiger partial charge in [0.1, 0.15) is 0 Å². The van der Waals surface area contributed by atoms with E-state index in [0.717, 1.165) is 16.5 Å². The summed E-state index contributed by atoms with van der Waals surface area (Å²) in [5.74, 6) is 0.0475. The standard InChI is InChI=1S/C12H14N2O/c1-13-12(15)7-9-8-14(2)11-6-4-3-5-10(9)11/h3-6,8H,7H2,1-2H3,(H,13,15). The van der Waals surface area contributed by atoms with Crippen LogP contribution in [-0.2, 0) is 18.3 Å². The van der Waals surface area contributed by atoms with E-state index >= 15 is 0 Å². The van der Waals surface area contributed by atoms with Crippen molar-refractivity contribution in [1.29, 1.82) is 0 Å². The third-order valence-electron chi connectivity index (χ3n) is 2.61. The number of aryl methyl sites for hydroxylation is 1. The van der Waals surface area contributed by atoms with Crippen LogP contribution in [0.1, 0.15) is 5.56 Å². The van der Waals surface area contributed by atoms with Crippen molar-refractivity contribution in [1.82, 2.24) is 9.88 Å². The number of hydrogen-bond donors (Lipinski definition) is 1. The van der Waals surface area contributed by atoms with Crippen molar-refractivity contribution in [2.24, 2.45) is 7.05 Å². The van der Waals surface area contributed by atoms with E-state index in [0.29, 0.717) is 6.42 Å². The molecule has 0 saturated carbocycles. The van der Waals surface area contributed by atoms with Crippen molar-refractivity contribution in [3.8, 4) is 0 Å². The lowest BCUT2D eigenvalue weighted by atomic mass is 10.1. The summed E-state index contributed by atoms with van der Waals surface area (Å²) >= 11 is 0. The van der Waals surface area contributed by atoms with Gasteiger partial charge < -0.3 is 9.88 Å². The fourth-order valence-electron chi connectivity index (χ4n) is 1.83. The molecule has 1 heterocycles. The number of rotatable bonds is 2. The van der Waals surface area contributed by atoms with Gasteiger partial charge in [0.05, 0.1) is 6.42 Å². The van der Waals surface area contributed by atoms with E-state index in [1.165, 1.54) is 0 Å². The maximum atomic E-state index is 11.3. The topological polar surface area (TPSA) is 34.0 Å². The van der Waals surface area contributed by atoms with E-state index in [1.54, 1.807) is 7.05 Å². The first kappa shape index (κ1) is 9.77. The fourth-order valence-corrected chi connectivity index (χ4v) is 1.83. The zero-order chi connectivity index (χ0) is 10.8. The largest absolute Gasteiger partial charge is 0.359 e. The summed E-state index contributed by atoms with van der Waals surface area (Å²) in [5, 5.41) is 3.80. The average Bonchev–Trinajstić information content (AvgIpc) is 2.57. The van der Waals surface area contributed by atoms with Gasteiger partial charge in [-0.1, -0.05) is 18.2 Å². The Morgan fingerprint density at radius 3 is 2.87 bits per heavy atom. The highest BCUT2D eigenvalue weighted by Crippen LogP contribution is 2.20. The van der Waals surface area contributed by atoms with Crippen molar-refractivity contribution in [3.05, 3.63) is 36.0 Å². The normalized spacial score (nSPS) is 10.5. The van der Waals surface area contributed by atoms with Crippen LogP contribution in [-0.4, -0.2) is 17.5 Å². The second-order valence-corrected chi connectivity index (χ2v) is 3.63. The number of nitrogens with one attached hydrogen (secondary N) is 1. The van der Waals surface area contributed by atoms with Gasteiger partial charge in [-0.3, -0.25) is 4.79 Å². The van der Waals surface area contributed by atoms with Crippen LogP contribution in [0.4, 0.5) is 0 Å². The number of carbonyl (C=O) groups is 1. The molecule has 0 atom stereocenters. The van der Waals surface area contributed by atoms with E-state index in [-0.39, 0.29) is 5.91 Å². The minimum absolute atomic E-state index is 0.0475. The number of likely N-dealkylation sites (N-methyl/N-ethyl adjacent to an activating group) is 1. The molecule has 3 nitrogen and oxygen atoms in total. The fraction of sp³-hybridized carbons (Fsp3) is 0.250. The Labute approximate surface area is 88.7 Å². The third-order valence-corrected chi connectivity index (χ3v) is 2.61. The summed E-state index contributed by atoms with van der Waals surface area (Å²) in [5.41, 5.74) is 2.24. The van der Waals surface area contributed by atoms with Gasteiger partial charge in [-0.2, -0.15) is 0 Å². The highest BCUT2D eigenvalue weighted by Gasteiger charge is 2.08. The first-order valence-corrected chi connectivity index (χ1v) is 4.96. The number of nitrogens with zero attached hydrogens (tertiary/aromatic N) is 1. The van der Waals surface area contributed by atoms with Gasteiger partial charge in [0.2, 0.25) is 5.91 Å². The molecule has 0 unspecified atom stereocenters. The van der Waals surface area contributed by atoms with Gasteiger partial charge in [-0.05, 0) is 11.6 Å². The van der Waals surface area contributed by atoms with E-state index in [2.05, 4.69) is 11.4 Å². The van der Waals surface area contributed by atoms with E-state index in [1.807, 2.05) is 36.0 Å². The molecule has 1 amide bonds. The number of fused-ring (bicyclic) bond motifs is 1. The molecule has 0 spiro atoms. The van der Waals surface area contributed by atoms with Crippen molar-refractivity contribution in [3.63, 3.8) is 0 Å². The summed E-state index contributed by atoms with van der Waals surface area (Å²) in [4.78, 5) is 11.3. The molecule has 0 saturated heterocycles. The molecule has 0 aliphatic rings. The van der Waals surface area contributed by atoms with Gasteiger partial charge >= 0.3 is 0 Å². The predicted octanol–water partition coefficient (Wildman–Crippen LogP) is 1.47. The third kappa shape index (κ3) is 1.73. The zero-order valence-electron chi connectivity index (χ0n) is 8.95. The van der Waals surface area contributed by atoms with Gasteiger partial charge in [-0.25, -0.2) is 0 Å².